The summed E-state index contributed by atoms with van der Waals surface area (Å²) < 4.78 is 11.2. The predicted molar refractivity (Wildman–Crippen MR) is 114 cm³/mol. The number of allylic oxidation sites excluding steroid dienone is 1. The van der Waals surface area contributed by atoms with Gasteiger partial charge in [-0.1, -0.05) is 13.8 Å². The van der Waals surface area contributed by atoms with Gasteiger partial charge in [0.05, 0.1) is 17.6 Å². The van der Waals surface area contributed by atoms with Crippen molar-refractivity contribution in [1.82, 2.24) is 4.98 Å². The first-order valence-corrected chi connectivity index (χ1v) is 9.88. The monoisotopic (exact) mass is 402 g/mol. The van der Waals surface area contributed by atoms with Crippen molar-refractivity contribution in [1.29, 1.82) is 0 Å². The second kappa shape index (κ2) is 10.0. The summed E-state index contributed by atoms with van der Waals surface area (Å²) in [6.45, 7) is 8.70. The summed E-state index contributed by atoms with van der Waals surface area (Å²) in [6, 6.07) is 7.48. The third-order valence-corrected chi connectivity index (χ3v) is 4.61. The summed E-state index contributed by atoms with van der Waals surface area (Å²) in [4.78, 5) is 16.9. The van der Waals surface area contributed by atoms with Crippen molar-refractivity contribution < 1.29 is 14.3 Å². The van der Waals surface area contributed by atoms with E-state index in [-0.39, 0.29) is 10.8 Å². The van der Waals surface area contributed by atoms with Gasteiger partial charge < -0.3 is 20.5 Å². The van der Waals surface area contributed by atoms with Crippen LogP contribution in [-0.2, 0) is 4.79 Å². The fourth-order valence-corrected chi connectivity index (χ4v) is 2.95. The molecule has 1 aliphatic rings. The lowest BCUT2D eigenvalue weighted by atomic mass is 10.0. The largest absolute Gasteiger partial charge is 0.486 e. The summed E-state index contributed by atoms with van der Waals surface area (Å²) in [7, 11) is 0. The Labute approximate surface area is 169 Å². The Hall–Kier alpha value is -2.71. The maximum Gasteiger partial charge on any atom is 0.265 e. The molecule has 2 heterocycles. The molecule has 3 rings (SSSR count). The number of pyridine rings is 1. The van der Waals surface area contributed by atoms with Gasteiger partial charge >= 0.3 is 0 Å². The van der Waals surface area contributed by atoms with Crippen molar-refractivity contribution in [3.05, 3.63) is 46.6 Å². The Morgan fingerprint density at radius 2 is 1.82 bits per heavy atom. The number of benzene rings is 1. The van der Waals surface area contributed by atoms with Crippen LogP contribution in [0, 0.1) is 6.92 Å². The molecule has 0 bridgehead atoms. The molecule has 8 heteroatoms. The summed E-state index contributed by atoms with van der Waals surface area (Å²) in [6.07, 6.45) is 1.59. The number of aryl methyl sites for hydroxylation is 1. The first-order chi connectivity index (χ1) is 13.5. The van der Waals surface area contributed by atoms with Crippen LogP contribution in [0.2, 0.25) is 0 Å². The molecule has 0 fully saturated rings. The van der Waals surface area contributed by atoms with Crippen LogP contribution in [0.1, 0.15) is 26.3 Å². The second-order valence-corrected chi connectivity index (χ2v) is 6.47. The molecule has 28 heavy (non-hydrogen) atoms. The highest BCUT2D eigenvalue weighted by atomic mass is 32.2. The maximum absolute atomic E-state index is 12.1. The number of carbonyl (C=O) groups is 1. The zero-order valence-electron chi connectivity index (χ0n) is 16.5. The molecule has 0 saturated heterocycles. The number of ether oxygens (including phenoxy) is 2. The molecular weight excluding hydrogens is 376 g/mol. The van der Waals surface area contributed by atoms with Gasteiger partial charge in [-0.3, -0.25) is 14.9 Å². The Balaban J connectivity index is 0.00000136. The van der Waals surface area contributed by atoms with Crippen LogP contribution in [-0.4, -0.2) is 24.1 Å². The summed E-state index contributed by atoms with van der Waals surface area (Å²) >= 11 is 0.817. The van der Waals surface area contributed by atoms with E-state index < -0.39 is 0 Å². The van der Waals surface area contributed by atoms with E-state index in [9.17, 15) is 4.79 Å². The molecule has 0 unspecified atom stereocenters. The molecule has 1 aromatic carbocycles. The van der Waals surface area contributed by atoms with Crippen molar-refractivity contribution in [2.24, 2.45) is 10.9 Å². The first kappa shape index (κ1) is 21.6. The van der Waals surface area contributed by atoms with Gasteiger partial charge in [0, 0.05) is 11.3 Å². The predicted octanol–water partition coefficient (Wildman–Crippen LogP) is 3.59. The van der Waals surface area contributed by atoms with Gasteiger partial charge in [0.2, 0.25) is 0 Å². The molecule has 7 nitrogen and oxygen atoms in total. The number of hydrogen-bond acceptors (Lipinski definition) is 7. The average Bonchev–Trinajstić information content (AvgIpc) is 2.70. The third kappa shape index (κ3) is 4.96. The van der Waals surface area contributed by atoms with Gasteiger partial charge in [0.25, 0.3) is 5.91 Å². The molecule has 0 radical (unpaired) electrons. The lowest BCUT2D eigenvalue weighted by Crippen LogP contribution is -2.17. The van der Waals surface area contributed by atoms with Crippen LogP contribution in [0.15, 0.2) is 41.1 Å². The van der Waals surface area contributed by atoms with Crippen LogP contribution in [0.25, 0.3) is 11.3 Å². The Kier molecular flexibility index (Phi) is 7.71. The first-order valence-electron chi connectivity index (χ1n) is 9.00. The van der Waals surface area contributed by atoms with Gasteiger partial charge in [0.1, 0.15) is 18.1 Å². The number of aromatic nitrogens is 1. The fourth-order valence-electron chi connectivity index (χ4n) is 2.61. The molecule has 0 aliphatic carbocycles. The number of hydrogen-bond donors (Lipinski definition) is 3. The van der Waals surface area contributed by atoms with E-state index in [0.29, 0.717) is 30.3 Å². The van der Waals surface area contributed by atoms with Gasteiger partial charge in [-0.05, 0) is 55.6 Å². The molecular formula is C20H26N4O3S. The molecule has 1 aliphatic heterocycles. The number of nitrogens with two attached hydrogens (primary N) is 2. The molecule has 2 aromatic rings. The molecule has 0 atom stereocenters. The van der Waals surface area contributed by atoms with E-state index in [1.807, 2.05) is 39.0 Å². The van der Waals surface area contributed by atoms with Crippen LogP contribution in [0.3, 0.4) is 0 Å². The lowest BCUT2D eigenvalue weighted by molar-refractivity contribution is -0.112. The number of rotatable bonds is 4. The minimum atomic E-state index is -0.359. The van der Waals surface area contributed by atoms with Gasteiger partial charge in [-0.25, -0.2) is 0 Å². The van der Waals surface area contributed by atoms with Crippen molar-refractivity contribution in [3.8, 4) is 22.8 Å². The van der Waals surface area contributed by atoms with Crippen molar-refractivity contribution in [2.45, 2.75) is 27.7 Å². The SMILES string of the molecule is C/C(N)=C(/SN)C(=O)Nc1ccc(-c2cc3c(cc2C)OCCO3)nc1.CC. The molecule has 5 N–H and O–H groups in total. The molecule has 0 saturated carbocycles. The van der Waals surface area contributed by atoms with E-state index in [1.54, 1.807) is 19.2 Å². The smallest absolute Gasteiger partial charge is 0.265 e. The number of carbonyl (C=O) groups excluding carboxylic acids is 1. The van der Waals surface area contributed by atoms with Crippen molar-refractivity contribution in [3.63, 3.8) is 0 Å². The molecule has 1 amide bonds. The average molecular weight is 403 g/mol. The topological polar surface area (TPSA) is 112 Å². The van der Waals surface area contributed by atoms with Crippen molar-refractivity contribution >= 4 is 23.5 Å². The highest BCUT2D eigenvalue weighted by Gasteiger charge is 2.16. The van der Waals surface area contributed by atoms with Crippen LogP contribution in [0.5, 0.6) is 11.5 Å². The Bertz CT molecular complexity index is 862. The lowest BCUT2D eigenvalue weighted by Gasteiger charge is -2.20. The highest BCUT2D eigenvalue weighted by molar-refractivity contribution is 8.01. The van der Waals surface area contributed by atoms with E-state index in [4.69, 9.17) is 20.3 Å². The fraction of sp³-hybridized carbons (Fsp3) is 0.300. The number of nitrogens with zero attached hydrogens (tertiary/aromatic N) is 1. The maximum atomic E-state index is 12.1. The van der Waals surface area contributed by atoms with E-state index >= 15 is 0 Å². The number of amides is 1. The van der Waals surface area contributed by atoms with E-state index in [1.165, 1.54) is 0 Å². The third-order valence-electron chi connectivity index (χ3n) is 3.87. The molecule has 150 valence electrons. The standard InChI is InChI=1S/C18H20N4O3S.C2H6/c1-10-7-15-16(25-6-5-24-15)8-13(10)14-4-3-12(9-21-14)22-18(23)17(26-20)11(2)19;1-2/h3-4,7-9H,5-6,19-20H2,1-2H3,(H,22,23);1-2H3/b17-11-;. The van der Waals surface area contributed by atoms with Crippen LogP contribution in [0.4, 0.5) is 5.69 Å². The van der Waals surface area contributed by atoms with Crippen LogP contribution < -0.4 is 25.7 Å². The van der Waals surface area contributed by atoms with E-state index in [2.05, 4.69) is 10.3 Å². The minimum absolute atomic E-state index is 0.275. The van der Waals surface area contributed by atoms with Gasteiger partial charge in [-0.15, -0.1) is 0 Å². The zero-order chi connectivity index (χ0) is 20.7. The van der Waals surface area contributed by atoms with Crippen molar-refractivity contribution in [2.75, 3.05) is 18.5 Å². The van der Waals surface area contributed by atoms with Gasteiger partial charge in [-0.2, -0.15) is 0 Å². The van der Waals surface area contributed by atoms with Gasteiger partial charge in [0.15, 0.2) is 11.5 Å². The van der Waals surface area contributed by atoms with Crippen LogP contribution >= 0.6 is 11.9 Å². The molecule has 0 spiro atoms. The minimum Gasteiger partial charge on any atom is -0.486 e. The number of fused-ring (bicyclic) bond motifs is 1. The Morgan fingerprint density at radius 1 is 1.18 bits per heavy atom. The number of anilines is 1. The normalized spacial score (nSPS) is 13.0. The summed E-state index contributed by atoms with van der Waals surface area (Å²) in [5, 5.41) is 8.21. The second-order valence-electron chi connectivity index (χ2n) is 5.83. The Morgan fingerprint density at radius 3 is 2.36 bits per heavy atom. The summed E-state index contributed by atoms with van der Waals surface area (Å²) in [5.41, 5.74) is 9.33. The highest BCUT2D eigenvalue weighted by Crippen LogP contribution is 2.36. The molecule has 1 aromatic heterocycles. The quantitative estimate of drug-likeness (QED) is 0.529. The summed E-state index contributed by atoms with van der Waals surface area (Å²) in [5.74, 6) is 1.10. The zero-order valence-corrected chi connectivity index (χ0v) is 17.4. The number of nitrogens with one attached hydrogen (secondary N) is 1. The van der Waals surface area contributed by atoms with E-state index in [0.717, 1.165) is 34.5 Å².